The minimum Gasteiger partial charge on any atom is -0.309 e. The van der Waals surface area contributed by atoms with Crippen molar-refractivity contribution in [2.24, 2.45) is 0 Å². The number of nitrogens with zero attached hydrogens (tertiary/aromatic N) is 1. The van der Waals surface area contributed by atoms with Crippen molar-refractivity contribution in [2.45, 2.75) is 58.3 Å². The van der Waals surface area contributed by atoms with Crippen LogP contribution in [0.15, 0.2) is 109 Å². The molecule has 0 saturated heterocycles. The SMILES string of the molecule is CCC(C)(CC)c1ccc(-n2c3ccc4cc3c3cc(ccc32)-c2cccc(c2)CCCc2cccc-4c2)cc1. The molecule has 0 unspecified atom stereocenters. The summed E-state index contributed by atoms with van der Waals surface area (Å²) in [7, 11) is 0. The van der Waals surface area contributed by atoms with E-state index in [1.807, 2.05) is 0 Å². The molecule has 0 N–H and O–H groups in total. The highest BCUT2D eigenvalue weighted by Gasteiger charge is 2.22. The molecule has 1 aliphatic carbocycles. The van der Waals surface area contributed by atoms with Gasteiger partial charge in [-0.3, -0.25) is 0 Å². The zero-order valence-electron chi connectivity index (χ0n) is 23.9. The van der Waals surface area contributed by atoms with Gasteiger partial charge in [0.05, 0.1) is 11.0 Å². The minimum absolute atomic E-state index is 0.217. The van der Waals surface area contributed by atoms with E-state index in [0.717, 1.165) is 32.1 Å². The lowest BCUT2D eigenvalue weighted by Gasteiger charge is -2.27. The predicted molar refractivity (Wildman–Crippen MR) is 172 cm³/mol. The average molecular weight is 520 g/mol. The van der Waals surface area contributed by atoms with Crippen LogP contribution in [0, 0.1) is 0 Å². The molecule has 40 heavy (non-hydrogen) atoms. The van der Waals surface area contributed by atoms with E-state index < -0.39 is 0 Å². The molecule has 0 spiro atoms. The Balaban J connectivity index is 1.48. The van der Waals surface area contributed by atoms with Crippen LogP contribution >= 0.6 is 0 Å². The molecule has 1 heteroatoms. The van der Waals surface area contributed by atoms with Gasteiger partial charge in [-0.05, 0) is 113 Å². The van der Waals surface area contributed by atoms with E-state index in [0.29, 0.717) is 0 Å². The quantitative estimate of drug-likeness (QED) is 0.218. The van der Waals surface area contributed by atoms with Crippen LogP contribution in [-0.4, -0.2) is 4.57 Å². The van der Waals surface area contributed by atoms with Crippen LogP contribution in [0.5, 0.6) is 0 Å². The largest absolute Gasteiger partial charge is 0.309 e. The van der Waals surface area contributed by atoms with Crippen molar-refractivity contribution in [3.8, 4) is 27.9 Å². The summed E-state index contributed by atoms with van der Waals surface area (Å²) in [4.78, 5) is 0. The van der Waals surface area contributed by atoms with Crippen LogP contribution < -0.4 is 0 Å². The number of aryl methyl sites for hydroxylation is 2. The highest BCUT2D eigenvalue weighted by molar-refractivity contribution is 6.11. The molecule has 5 aromatic carbocycles. The highest BCUT2D eigenvalue weighted by Crippen LogP contribution is 2.38. The fourth-order valence-corrected chi connectivity index (χ4v) is 6.64. The Bertz CT molecular complexity index is 1740. The summed E-state index contributed by atoms with van der Waals surface area (Å²) >= 11 is 0. The van der Waals surface area contributed by atoms with E-state index in [9.17, 15) is 0 Å². The summed E-state index contributed by atoms with van der Waals surface area (Å²) in [6.07, 6.45) is 5.64. The molecule has 0 aliphatic heterocycles. The third-order valence-corrected chi connectivity index (χ3v) is 9.60. The molecule has 8 bridgehead atoms. The second kappa shape index (κ2) is 9.82. The van der Waals surface area contributed by atoms with Gasteiger partial charge in [0.2, 0.25) is 0 Å². The maximum atomic E-state index is 2.45. The van der Waals surface area contributed by atoms with Crippen LogP contribution in [0.4, 0.5) is 0 Å². The van der Waals surface area contributed by atoms with Gasteiger partial charge in [-0.15, -0.1) is 0 Å². The van der Waals surface area contributed by atoms with E-state index in [-0.39, 0.29) is 5.41 Å². The zero-order chi connectivity index (χ0) is 27.3. The minimum atomic E-state index is 0.217. The second-order valence-electron chi connectivity index (χ2n) is 11.9. The van der Waals surface area contributed by atoms with Crippen LogP contribution in [0.1, 0.15) is 56.7 Å². The Morgan fingerprint density at radius 3 is 1.57 bits per heavy atom. The molecule has 1 nitrogen and oxygen atoms in total. The summed E-state index contributed by atoms with van der Waals surface area (Å²) in [6.45, 7) is 6.98. The van der Waals surface area contributed by atoms with Gasteiger partial charge in [0.1, 0.15) is 0 Å². The molecular weight excluding hydrogens is 482 g/mol. The number of hydrogen-bond acceptors (Lipinski definition) is 0. The van der Waals surface area contributed by atoms with E-state index in [2.05, 4.69) is 135 Å². The Morgan fingerprint density at radius 1 is 0.575 bits per heavy atom. The van der Waals surface area contributed by atoms with E-state index in [4.69, 9.17) is 0 Å². The van der Waals surface area contributed by atoms with Crippen molar-refractivity contribution in [3.05, 3.63) is 126 Å². The fourth-order valence-electron chi connectivity index (χ4n) is 6.64. The lowest BCUT2D eigenvalue weighted by atomic mass is 9.78. The maximum absolute atomic E-state index is 2.45. The van der Waals surface area contributed by atoms with Crippen LogP contribution in [0.25, 0.3) is 49.7 Å². The molecule has 0 radical (unpaired) electrons. The molecule has 1 heterocycles. The summed E-state index contributed by atoms with van der Waals surface area (Å²) in [5.74, 6) is 0. The molecule has 0 fully saturated rings. The van der Waals surface area contributed by atoms with Gasteiger partial charge in [0.25, 0.3) is 0 Å². The first kappa shape index (κ1) is 24.9. The van der Waals surface area contributed by atoms with Gasteiger partial charge in [-0.25, -0.2) is 0 Å². The number of hydrogen-bond donors (Lipinski definition) is 0. The second-order valence-corrected chi connectivity index (χ2v) is 11.9. The van der Waals surface area contributed by atoms with Gasteiger partial charge in [0.15, 0.2) is 0 Å². The van der Waals surface area contributed by atoms with Gasteiger partial charge in [0, 0.05) is 16.5 Å². The fraction of sp³-hybridized carbons (Fsp3) is 0.231. The van der Waals surface area contributed by atoms with Crippen molar-refractivity contribution in [2.75, 3.05) is 0 Å². The summed E-state index contributed by atoms with van der Waals surface area (Å²) in [6, 6.07) is 41.7. The van der Waals surface area contributed by atoms with Crippen molar-refractivity contribution < 1.29 is 0 Å². The summed E-state index contributed by atoms with van der Waals surface area (Å²) in [5.41, 5.74) is 13.4. The van der Waals surface area contributed by atoms with Crippen molar-refractivity contribution in [1.82, 2.24) is 4.57 Å². The lowest BCUT2D eigenvalue weighted by Crippen LogP contribution is -2.19. The van der Waals surface area contributed by atoms with Crippen molar-refractivity contribution in [3.63, 3.8) is 0 Å². The first-order valence-corrected chi connectivity index (χ1v) is 14.9. The maximum Gasteiger partial charge on any atom is 0.0541 e. The molecule has 0 saturated carbocycles. The van der Waals surface area contributed by atoms with Crippen LogP contribution in [0.2, 0.25) is 0 Å². The van der Waals surface area contributed by atoms with Gasteiger partial charge >= 0.3 is 0 Å². The standard InChI is InChI=1S/C39H37N/c1-4-39(3,5-2)33-17-19-34(20-18-33)40-37-21-15-31-25-35(37)36-26-32(16-22-38(36)40)30-14-8-12-28(24-30)10-6-9-27-11-7-13-29(31)23-27/h7-8,11-26H,4-6,9-10H2,1-3H3. The monoisotopic (exact) mass is 519 g/mol. The Kier molecular flexibility index (Phi) is 6.12. The normalized spacial score (nSPS) is 13.3. The highest BCUT2D eigenvalue weighted by atomic mass is 15.0. The number of aromatic nitrogens is 1. The van der Waals surface area contributed by atoms with Gasteiger partial charge in [-0.2, -0.15) is 0 Å². The summed E-state index contributed by atoms with van der Waals surface area (Å²) in [5, 5.41) is 2.61. The molecule has 7 rings (SSSR count). The third kappa shape index (κ3) is 4.16. The topological polar surface area (TPSA) is 4.93 Å². The molecule has 1 aromatic heterocycles. The van der Waals surface area contributed by atoms with Crippen LogP contribution in [-0.2, 0) is 18.3 Å². The molecular formula is C39H37N. The van der Waals surface area contributed by atoms with Crippen molar-refractivity contribution in [1.29, 1.82) is 0 Å². The first-order chi connectivity index (χ1) is 19.6. The number of rotatable bonds is 4. The van der Waals surface area contributed by atoms with Crippen LogP contribution in [0.3, 0.4) is 0 Å². The zero-order valence-corrected chi connectivity index (χ0v) is 23.9. The Labute approximate surface area is 238 Å². The van der Waals surface area contributed by atoms with Gasteiger partial charge < -0.3 is 4.57 Å². The van der Waals surface area contributed by atoms with E-state index in [1.165, 1.54) is 66.4 Å². The number of fused-ring (bicyclic) bond motifs is 8. The molecule has 6 aromatic rings. The summed E-state index contributed by atoms with van der Waals surface area (Å²) < 4.78 is 2.45. The first-order valence-electron chi connectivity index (χ1n) is 14.9. The third-order valence-electron chi connectivity index (χ3n) is 9.60. The Hall–Kier alpha value is -4.10. The predicted octanol–water partition coefficient (Wildman–Crippen LogP) is 10.7. The molecule has 1 aliphatic rings. The van der Waals surface area contributed by atoms with E-state index >= 15 is 0 Å². The average Bonchev–Trinajstić information content (AvgIpc) is 3.33. The molecule has 198 valence electrons. The van der Waals surface area contributed by atoms with E-state index in [1.54, 1.807) is 0 Å². The lowest BCUT2D eigenvalue weighted by molar-refractivity contribution is 0.439. The smallest absolute Gasteiger partial charge is 0.0541 e. The molecule has 0 amide bonds. The molecule has 0 atom stereocenters. The Morgan fingerprint density at radius 2 is 1.07 bits per heavy atom. The van der Waals surface area contributed by atoms with Gasteiger partial charge in [-0.1, -0.05) is 93.6 Å². The van der Waals surface area contributed by atoms with Crippen molar-refractivity contribution >= 4 is 21.8 Å². The number of benzene rings is 5.